The topological polar surface area (TPSA) is 54.2 Å². The number of hydrogen-bond donors (Lipinski definition) is 1. The summed E-state index contributed by atoms with van der Waals surface area (Å²) >= 11 is 0. The van der Waals surface area contributed by atoms with Gasteiger partial charge in [-0.3, -0.25) is 4.90 Å². The van der Waals surface area contributed by atoms with Crippen molar-refractivity contribution in [3.05, 3.63) is 11.7 Å². The molecule has 1 unspecified atom stereocenters. The highest BCUT2D eigenvalue weighted by atomic mass is 16.5. The first-order valence-electron chi connectivity index (χ1n) is 6.67. The van der Waals surface area contributed by atoms with E-state index >= 15 is 0 Å². The van der Waals surface area contributed by atoms with Gasteiger partial charge in [0.15, 0.2) is 5.82 Å². The largest absolute Gasteiger partial charge is 0.339 e. The minimum atomic E-state index is 0.428. The van der Waals surface area contributed by atoms with Crippen LogP contribution in [-0.4, -0.2) is 41.2 Å². The fourth-order valence-corrected chi connectivity index (χ4v) is 2.68. The van der Waals surface area contributed by atoms with Crippen LogP contribution < -0.4 is 5.32 Å². The number of hydrogen-bond acceptors (Lipinski definition) is 5. The van der Waals surface area contributed by atoms with Crippen molar-refractivity contribution in [3.63, 3.8) is 0 Å². The fraction of sp³-hybridized carbons (Fsp3) is 0.833. The van der Waals surface area contributed by atoms with Gasteiger partial charge in [-0.05, 0) is 38.9 Å². The summed E-state index contributed by atoms with van der Waals surface area (Å²) in [7, 11) is 0. The number of likely N-dealkylation sites (tertiary alicyclic amines) is 1. The maximum absolute atomic E-state index is 5.36. The lowest BCUT2D eigenvalue weighted by molar-refractivity contribution is 0.213. The Hall–Kier alpha value is -0.940. The second-order valence-corrected chi connectivity index (χ2v) is 5.08. The predicted octanol–water partition coefficient (Wildman–Crippen LogP) is 1.13. The smallest absolute Gasteiger partial charge is 0.231 e. The van der Waals surface area contributed by atoms with E-state index in [0.29, 0.717) is 5.92 Å². The van der Waals surface area contributed by atoms with E-state index in [0.717, 1.165) is 37.8 Å². The minimum absolute atomic E-state index is 0.428. The molecule has 0 spiro atoms. The molecule has 3 heterocycles. The first-order valence-corrected chi connectivity index (χ1v) is 6.67. The third-order valence-electron chi connectivity index (χ3n) is 3.71. The van der Waals surface area contributed by atoms with E-state index in [2.05, 4.69) is 20.4 Å². The van der Waals surface area contributed by atoms with Gasteiger partial charge in [0.05, 0.1) is 12.5 Å². The maximum Gasteiger partial charge on any atom is 0.231 e. The second-order valence-electron chi connectivity index (χ2n) is 5.08. The molecule has 0 amide bonds. The summed E-state index contributed by atoms with van der Waals surface area (Å²) in [5, 5.41) is 7.42. The zero-order valence-corrected chi connectivity index (χ0v) is 10.2. The molecule has 0 saturated carbocycles. The van der Waals surface area contributed by atoms with Gasteiger partial charge in [-0.25, -0.2) is 0 Å². The summed E-state index contributed by atoms with van der Waals surface area (Å²) in [6, 6.07) is 0. The summed E-state index contributed by atoms with van der Waals surface area (Å²) in [5.74, 6) is 2.11. The van der Waals surface area contributed by atoms with E-state index < -0.39 is 0 Å². The molecule has 1 aromatic rings. The Kier molecular flexibility index (Phi) is 3.38. The van der Waals surface area contributed by atoms with Crippen molar-refractivity contribution in [2.24, 2.45) is 0 Å². The van der Waals surface area contributed by atoms with Gasteiger partial charge in [-0.15, -0.1) is 0 Å². The Bertz CT molecular complexity index is 353. The number of aromatic nitrogens is 2. The molecule has 3 rings (SSSR count). The first-order chi connectivity index (χ1) is 8.42. The summed E-state index contributed by atoms with van der Waals surface area (Å²) in [5.41, 5.74) is 0. The minimum Gasteiger partial charge on any atom is -0.339 e. The zero-order chi connectivity index (χ0) is 11.5. The van der Waals surface area contributed by atoms with Crippen LogP contribution in [0.15, 0.2) is 4.52 Å². The Balaban J connectivity index is 1.59. The molecular weight excluding hydrogens is 216 g/mol. The van der Waals surface area contributed by atoms with E-state index in [1.54, 1.807) is 0 Å². The van der Waals surface area contributed by atoms with Crippen LogP contribution in [0.2, 0.25) is 0 Å². The van der Waals surface area contributed by atoms with Crippen molar-refractivity contribution in [1.82, 2.24) is 20.4 Å². The molecule has 2 fully saturated rings. The molecule has 1 N–H and O–H groups in total. The summed E-state index contributed by atoms with van der Waals surface area (Å²) < 4.78 is 5.36. The third-order valence-corrected chi connectivity index (χ3v) is 3.71. The van der Waals surface area contributed by atoms with Gasteiger partial charge in [0.25, 0.3) is 0 Å². The van der Waals surface area contributed by atoms with Crippen LogP contribution in [-0.2, 0) is 6.54 Å². The number of rotatable bonds is 3. The van der Waals surface area contributed by atoms with Gasteiger partial charge in [-0.1, -0.05) is 11.6 Å². The van der Waals surface area contributed by atoms with E-state index in [-0.39, 0.29) is 0 Å². The van der Waals surface area contributed by atoms with E-state index in [1.165, 1.54) is 32.4 Å². The van der Waals surface area contributed by atoms with E-state index in [4.69, 9.17) is 4.52 Å². The number of nitrogens with zero attached hydrogens (tertiary/aromatic N) is 3. The second kappa shape index (κ2) is 5.14. The van der Waals surface area contributed by atoms with Crippen LogP contribution in [0.3, 0.4) is 0 Å². The molecule has 17 heavy (non-hydrogen) atoms. The van der Waals surface area contributed by atoms with E-state index in [9.17, 15) is 0 Å². The molecule has 5 nitrogen and oxygen atoms in total. The SMILES string of the molecule is C1CCN(Cc2noc(C3CCNC3)n2)CC1. The van der Waals surface area contributed by atoms with Gasteiger partial charge >= 0.3 is 0 Å². The van der Waals surface area contributed by atoms with Gasteiger partial charge in [0.2, 0.25) is 5.89 Å². The maximum atomic E-state index is 5.36. The van der Waals surface area contributed by atoms with E-state index in [1.807, 2.05) is 0 Å². The third kappa shape index (κ3) is 2.66. The quantitative estimate of drug-likeness (QED) is 0.852. The molecule has 2 aliphatic heterocycles. The van der Waals surface area contributed by atoms with Crippen LogP contribution in [0.5, 0.6) is 0 Å². The van der Waals surface area contributed by atoms with Crippen LogP contribution >= 0.6 is 0 Å². The van der Waals surface area contributed by atoms with Gasteiger partial charge in [0, 0.05) is 6.54 Å². The fourth-order valence-electron chi connectivity index (χ4n) is 2.68. The van der Waals surface area contributed by atoms with Crippen molar-refractivity contribution in [2.45, 2.75) is 38.1 Å². The number of piperidine rings is 1. The average molecular weight is 236 g/mol. The zero-order valence-electron chi connectivity index (χ0n) is 10.2. The molecule has 0 bridgehead atoms. The Morgan fingerprint density at radius 3 is 2.94 bits per heavy atom. The Morgan fingerprint density at radius 1 is 1.29 bits per heavy atom. The Morgan fingerprint density at radius 2 is 2.18 bits per heavy atom. The standard InChI is InChI=1S/C12H20N4O/c1-2-6-16(7-3-1)9-11-14-12(17-15-11)10-4-5-13-8-10/h10,13H,1-9H2. The van der Waals surface area contributed by atoms with Crippen molar-refractivity contribution >= 4 is 0 Å². The summed E-state index contributed by atoms with van der Waals surface area (Å²) in [6.07, 6.45) is 5.08. The lowest BCUT2D eigenvalue weighted by Crippen LogP contribution is -2.29. The highest BCUT2D eigenvalue weighted by molar-refractivity contribution is 4.98. The predicted molar refractivity (Wildman–Crippen MR) is 63.7 cm³/mol. The monoisotopic (exact) mass is 236 g/mol. The van der Waals surface area contributed by atoms with Crippen molar-refractivity contribution in [3.8, 4) is 0 Å². The molecule has 5 heteroatoms. The van der Waals surface area contributed by atoms with Gasteiger partial charge < -0.3 is 9.84 Å². The molecule has 0 radical (unpaired) electrons. The van der Waals surface area contributed by atoms with Gasteiger partial charge in [-0.2, -0.15) is 4.98 Å². The van der Waals surface area contributed by atoms with Crippen LogP contribution in [0.1, 0.15) is 43.3 Å². The summed E-state index contributed by atoms with van der Waals surface area (Å²) in [6.45, 7) is 5.24. The van der Waals surface area contributed by atoms with Crippen molar-refractivity contribution < 1.29 is 4.52 Å². The van der Waals surface area contributed by atoms with Crippen LogP contribution in [0.25, 0.3) is 0 Å². The molecule has 94 valence electrons. The highest BCUT2D eigenvalue weighted by Gasteiger charge is 2.23. The summed E-state index contributed by atoms with van der Waals surface area (Å²) in [4.78, 5) is 6.95. The average Bonchev–Trinajstić information content (AvgIpc) is 3.00. The highest BCUT2D eigenvalue weighted by Crippen LogP contribution is 2.20. The molecule has 0 aromatic carbocycles. The van der Waals surface area contributed by atoms with Crippen molar-refractivity contribution in [2.75, 3.05) is 26.2 Å². The molecule has 2 aliphatic rings. The lowest BCUT2D eigenvalue weighted by Gasteiger charge is -2.24. The molecular formula is C12H20N4O. The van der Waals surface area contributed by atoms with Gasteiger partial charge in [0.1, 0.15) is 0 Å². The lowest BCUT2D eigenvalue weighted by atomic mass is 10.1. The van der Waals surface area contributed by atoms with Crippen molar-refractivity contribution in [1.29, 1.82) is 0 Å². The molecule has 2 saturated heterocycles. The molecule has 0 aliphatic carbocycles. The van der Waals surface area contributed by atoms with Crippen LogP contribution in [0.4, 0.5) is 0 Å². The Labute approximate surface area is 102 Å². The number of nitrogens with one attached hydrogen (secondary N) is 1. The molecule has 1 aromatic heterocycles. The van der Waals surface area contributed by atoms with Crippen LogP contribution in [0, 0.1) is 0 Å². The molecule has 1 atom stereocenters. The first kappa shape index (κ1) is 11.2. The normalized spacial score (nSPS) is 26.5.